The van der Waals surface area contributed by atoms with E-state index in [4.69, 9.17) is 9.26 Å². The molecule has 27 heavy (non-hydrogen) atoms. The maximum Gasteiger partial charge on any atom is 0.251 e. The summed E-state index contributed by atoms with van der Waals surface area (Å²) in [5, 5.41) is 7.50. The molecule has 2 aliphatic heterocycles. The number of aryl methyl sites for hydroxylation is 2. The maximum atomic E-state index is 12.5. The van der Waals surface area contributed by atoms with Gasteiger partial charge in [-0.3, -0.25) is 9.79 Å². The van der Waals surface area contributed by atoms with Crippen LogP contribution < -0.4 is 5.32 Å². The fraction of sp³-hybridized carbons (Fsp3) is 0.737. The molecule has 8 heteroatoms. The van der Waals surface area contributed by atoms with E-state index in [-0.39, 0.29) is 17.9 Å². The predicted octanol–water partition coefficient (Wildman–Crippen LogP) is 1.29. The maximum absolute atomic E-state index is 12.5. The number of aromatic nitrogens is 1. The number of guanidine groups is 1. The van der Waals surface area contributed by atoms with Crippen LogP contribution in [0.1, 0.15) is 42.7 Å². The molecule has 8 nitrogen and oxygen atoms in total. The molecule has 3 rings (SSSR count). The van der Waals surface area contributed by atoms with Crippen LogP contribution in [-0.4, -0.2) is 79.3 Å². The number of amides is 1. The van der Waals surface area contributed by atoms with Crippen molar-refractivity contribution in [2.75, 3.05) is 46.4 Å². The molecule has 2 saturated heterocycles. The van der Waals surface area contributed by atoms with E-state index in [2.05, 4.69) is 27.3 Å². The number of carbonyl (C=O) groups excluding carboxylic acids is 1. The van der Waals surface area contributed by atoms with Gasteiger partial charge in [-0.1, -0.05) is 12.1 Å². The first-order chi connectivity index (χ1) is 13.0. The first-order valence-corrected chi connectivity index (χ1v) is 9.80. The van der Waals surface area contributed by atoms with Gasteiger partial charge in [-0.05, 0) is 26.7 Å². The Morgan fingerprint density at radius 2 is 2.00 bits per heavy atom. The van der Waals surface area contributed by atoms with Crippen molar-refractivity contribution >= 4 is 11.9 Å². The van der Waals surface area contributed by atoms with Gasteiger partial charge in [0.2, 0.25) is 0 Å². The van der Waals surface area contributed by atoms with E-state index in [0.717, 1.165) is 55.5 Å². The Hall–Kier alpha value is -2.09. The summed E-state index contributed by atoms with van der Waals surface area (Å²) in [6.45, 7) is 10.5. The molecular formula is C19H31N5O3. The number of nitrogens with zero attached hydrogens (tertiary/aromatic N) is 4. The first kappa shape index (κ1) is 19.7. The van der Waals surface area contributed by atoms with Crippen LogP contribution in [0.25, 0.3) is 0 Å². The largest absolute Gasteiger partial charge is 0.368 e. The lowest BCUT2D eigenvalue weighted by Crippen LogP contribution is -2.55. The summed E-state index contributed by atoms with van der Waals surface area (Å²) in [6, 6.07) is 0. The summed E-state index contributed by atoms with van der Waals surface area (Å²) in [4.78, 5) is 21.0. The van der Waals surface area contributed by atoms with Crippen molar-refractivity contribution in [3.8, 4) is 0 Å². The average molecular weight is 377 g/mol. The molecule has 1 aromatic rings. The normalized spacial score (nSPS) is 22.2. The SMILES string of the molecule is CN=C(NCC(C)c1c(C)noc1C)N1CCN(C(=O)C2CCCO2)CC1. The van der Waals surface area contributed by atoms with Gasteiger partial charge in [0, 0.05) is 57.9 Å². The molecule has 2 unspecified atom stereocenters. The number of hydrogen-bond acceptors (Lipinski definition) is 5. The van der Waals surface area contributed by atoms with Gasteiger partial charge in [-0.2, -0.15) is 0 Å². The van der Waals surface area contributed by atoms with Crippen molar-refractivity contribution in [1.29, 1.82) is 0 Å². The lowest BCUT2D eigenvalue weighted by Gasteiger charge is -2.37. The van der Waals surface area contributed by atoms with Gasteiger partial charge in [-0.25, -0.2) is 0 Å². The summed E-state index contributed by atoms with van der Waals surface area (Å²) in [6.07, 6.45) is 1.60. The van der Waals surface area contributed by atoms with Crippen molar-refractivity contribution in [3.63, 3.8) is 0 Å². The summed E-state index contributed by atoms with van der Waals surface area (Å²) in [7, 11) is 1.80. The molecule has 2 aliphatic rings. The molecule has 2 fully saturated rings. The van der Waals surface area contributed by atoms with Gasteiger partial charge < -0.3 is 24.4 Å². The molecule has 1 amide bonds. The Morgan fingerprint density at radius 1 is 1.30 bits per heavy atom. The smallest absolute Gasteiger partial charge is 0.251 e. The number of rotatable bonds is 4. The Labute approximate surface area is 160 Å². The van der Waals surface area contributed by atoms with Crippen LogP contribution in [0.4, 0.5) is 0 Å². The Morgan fingerprint density at radius 3 is 2.56 bits per heavy atom. The third kappa shape index (κ3) is 4.43. The highest BCUT2D eigenvalue weighted by atomic mass is 16.5. The van der Waals surface area contributed by atoms with E-state index >= 15 is 0 Å². The van der Waals surface area contributed by atoms with E-state index in [0.29, 0.717) is 19.7 Å². The second kappa shape index (κ2) is 8.73. The average Bonchev–Trinajstić information content (AvgIpc) is 3.32. The number of carbonyl (C=O) groups is 1. The number of piperazine rings is 1. The Bertz CT molecular complexity index is 653. The van der Waals surface area contributed by atoms with Gasteiger partial charge in [0.15, 0.2) is 5.96 Å². The molecule has 1 aromatic heterocycles. The minimum Gasteiger partial charge on any atom is -0.368 e. The predicted molar refractivity (Wildman–Crippen MR) is 103 cm³/mol. The van der Waals surface area contributed by atoms with Gasteiger partial charge >= 0.3 is 0 Å². The molecule has 0 aromatic carbocycles. The van der Waals surface area contributed by atoms with E-state index < -0.39 is 0 Å². The van der Waals surface area contributed by atoms with Crippen LogP contribution in [0.15, 0.2) is 9.52 Å². The Balaban J connectivity index is 1.49. The van der Waals surface area contributed by atoms with Crippen molar-refractivity contribution < 1.29 is 14.1 Å². The van der Waals surface area contributed by atoms with Crippen LogP contribution in [0.2, 0.25) is 0 Å². The van der Waals surface area contributed by atoms with Crippen molar-refractivity contribution in [1.82, 2.24) is 20.3 Å². The highest BCUT2D eigenvalue weighted by Gasteiger charge is 2.31. The second-order valence-electron chi connectivity index (χ2n) is 7.38. The highest BCUT2D eigenvalue weighted by molar-refractivity contribution is 5.82. The van der Waals surface area contributed by atoms with Gasteiger partial charge in [0.25, 0.3) is 5.91 Å². The van der Waals surface area contributed by atoms with Crippen LogP contribution in [0.5, 0.6) is 0 Å². The number of hydrogen-bond donors (Lipinski definition) is 1. The lowest BCUT2D eigenvalue weighted by molar-refractivity contribution is -0.142. The van der Waals surface area contributed by atoms with E-state index in [1.807, 2.05) is 18.7 Å². The van der Waals surface area contributed by atoms with Gasteiger partial charge in [0.05, 0.1) is 5.69 Å². The molecule has 0 saturated carbocycles. The molecular weight excluding hydrogens is 346 g/mol. The molecule has 0 radical (unpaired) electrons. The number of nitrogens with one attached hydrogen (secondary N) is 1. The summed E-state index contributed by atoms with van der Waals surface area (Å²) < 4.78 is 10.8. The fourth-order valence-electron chi connectivity index (χ4n) is 3.99. The molecule has 0 bridgehead atoms. The Kier molecular flexibility index (Phi) is 6.36. The molecule has 0 spiro atoms. The summed E-state index contributed by atoms with van der Waals surface area (Å²) in [5.74, 6) is 2.16. The topological polar surface area (TPSA) is 83.2 Å². The molecule has 150 valence electrons. The summed E-state index contributed by atoms with van der Waals surface area (Å²) >= 11 is 0. The molecule has 2 atom stereocenters. The van der Waals surface area contributed by atoms with Crippen molar-refractivity contribution in [2.45, 2.75) is 45.6 Å². The lowest BCUT2D eigenvalue weighted by atomic mass is 10.00. The highest BCUT2D eigenvalue weighted by Crippen LogP contribution is 2.22. The van der Waals surface area contributed by atoms with Crippen LogP contribution >= 0.6 is 0 Å². The van der Waals surface area contributed by atoms with E-state index in [1.165, 1.54) is 0 Å². The third-order valence-electron chi connectivity index (χ3n) is 5.46. The zero-order chi connectivity index (χ0) is 19.4. The van der Waals surface area contributed by atoms with Crippen LogP contribution in [0.3, 0.4) is 0 Å². The molecule has 3 heterocycles. The minimum absolute atomic E-state index is 0.141. The first-order valence-electron chi connectivity index (χ1n) is 9.80. The zero-order valence-corrected chi connectivity index (χ0v) is 16.8. The van der Waals surface area contributed by atoms with Crippen LogP contribution in [0, 0.1) is 13.8 Å². The molecule has 1 N–H and O–H groups in total. The standard InChI is InChI=1S/C19H31N5O3/c1-13(17-14(2)22-27-15(17)3)12-21-19(20-4)24-9-7-23(8-10-24)18(25)16-6-5-11-26-16/h13,16H,5-12H2,1-4H3,(H,20,21). The molecule has 0 aliphatic carbocycles. The van der Waals surface area contributed by atoms with Crippen molar-refractivity contribution in [2.24, 2.45) is 4.99 Å². The minimum atomic E-state index is -0.232. The van der Waals surface area contributed by atoms with Gasteiger partial charge in [-0.15, -0.1) is 0 Å². The van der Waals surface area contributed by atoms with Gasteiger partial charge in [0.1, 0.15) is 11.9 Å². The second-order valence-corrected chi connectivity index (χ2v) is 7.38. The van der Waals surface area contributed by atoms with Crippen LogP contribution in [-0.2, 0) is 9.53 Å². The number of aliphatic imine (C=N–C) groups is 1. The van der Waals surface area contributed by atoms with E-state index in [1.54, 1.807) is 7.05 Å². The zero-order valence-electron chi connectivity index (χ0n) is 16.8. The van der Waals surface area contributed by atoms with E-state index in [9.17, 15) is 4.79 Å². The fourth-order valence-corrected chi connectivity index (χ4v) is 3.99. The number of ether oxygens (including phenoxy) is 1. The quantitative estimate of drug-likeness (QED) is 0.629. The summed E-state index contributed by atoms with van der Waals surface area (Å²) in [5.41, 5.74) is 2.10. The third-order valence-corrected chi connectivity index (χ3v) is 5.46. The monoisotopic (exact) mass is 377 g/mol. The van der Waals surface area contributed by atoms with Crippen molar-refractivity contribution in [3.05, 3.63) is 17.0 Å².